The molecule has 2 atom stereocenters. The van der Waals surface area contributed by atoms with Crippen molar-refractivity contribution in [2.45, 2.75) is 17.9 Å². The van der Waals surface area contributed by atoms with E-state index < -0.39 is 17.0 Å². The third kappa shape index (κ3) is 5.47. The fourth-order valence-electron chi connectivity index (χ4n) is 2.74. The fourth-order valence-corrected chi connectivity index (χ4v) is 3.66. The Morgan fingerprint density at radius 2 is 1.66 bits per heavy atom. The maximum Gasteiger partial charge on any atom is 0.128 e. The van der Waals surface area contributed by atoms with Crippen LogP contribution < -0.4 is 14.2 Å². The second-order valence-corrected chi connectivity index (χ2v) is 7.62. The lowest BCUT2D eigenvalue weighted by Gasteiger charge is -2.17. The Morgan fingerprint density at radius 3 is 2.31 bits per heavy atom. The molecule has 0 saturated carbocycles. The third-order valence-corrected chi connectivity index (χ3v) is 5.50. The molecule has 0 fully saturated rings. The molecule has 0 spiro atoms. The van der Waals surface area contributed by atoms with E-state index in [0.717, 1.165) is 16.7 Å². The van der Waals surface area contributed by atoms with Gasteiger partial charge in [0.25, 0.3) is 0 Å². The lowest BCUT2D eigenvalue weighted by atomic mass is 10.1. The molecule has 0 heterocycles. The van der Waals surface area contributed by atoms with E-state index in [1.807, 2.05) is 73.7 Å². The molecule has 0 unspecified atom stereocenters. The summed E-state index contributed by atoms with van der Waals surface area (Å²) in [5.74, 6) is 7.65. The normalized spacial score (nSPS) is 12.4. The van der Waals surface area contributed by atoms with Gasteiger partial charge in [-0.3, -0.25) is 0 Å². The third-order valence-electron chi connectivity index (χ3n) is 4.35. The highest BCUT2D eigenvalue weighted by Crippen LogP contribution is 2.30. The molecule has 0 bridgehead atoms. The number of rotatable bonds is 6. The molecule has 5 heteroatoms. The molecule has 0 saturated heterocycles. The quantitative estimate of drug-likeness (QED) is 0.618. The summed E-state index contributed by atoms with van der Waals surface area (Å²) in [5.41, 5.74) is 2.79. The van der Waals surface area contributed by atoms with Crippen molar-refractivity contribution in [2.75, 3.05) is 14.2 Å². The van der Waals surface area contributed by atoms with E-state index in [2.05, 4.69) is 16.6 Å². The Kier molecular flexibility index (Phi) is 7.07. The number of aryl methyl sites for hydroxylation is 1. The lowest BCUT2D eigenvalue weighted by Crippen LogP contribution is -2.23. The van der Waals surface area contributed by atoms with Gasteiger partial charge in [0.15, 0.2) is 0 Å². The van der Waals surface area contributed by atoms with Gasteiger partial charge in [-0.05, 0) is 43.3 Å². The molecule has 3 rings (SSSR count). The van der Waals surface area contributed by atoms with Crippen LogP contribution in [0.15, 0.2) is 77.7 Å². The van der Waals surface area contributed by atoms with Crippen molar-refractivity contribution in [1.82, 2.24) is 4.72 Å². The number of ether oxygens (including phenoxy) is 2. The second-order valence-electron chi connectivity index (χ2n) is 6.38. The van der Waals surface area contributed by atoms with Crippen molar-refractivity contribution in [3.63, 3.8) is 0 Å². The van der Waals surface area contributed by atoms with Crippen LogP contribution >= 0.6 is 0 Å². The van der Waals surface area contributed by atoms with Crippen LogP contribution in [-0.2, 0) is 11.0 Å². The maximum atomic E-state index is 12.9. The van der Waals surface area contributed by atoms with Crippen LogP contribution in [0.5, 0.6) is 11.5 Å². The maximum absolute atomic E-state index is 12.9. The van der Waals surface area contributed by atoms with Crippen LogP contribution in [0.4, 0.5) is 0 Å². The van der Waals surface area contributed by atoms with Crippen molar-refractivity contribution in [1.29, 1.82) is 0 Å². The second kappa shape index (κ2) is 9.92. The molecular weight excluding hydrogens is 382 g/mol. The van der Waals surface area contributed by atoms with Gasteiger partial charge < -0.3 is 9.47 Å². The minimum Gasteiger partial charge on any atom is -0.497 e. The highest BCUT2D eigenvalue weighted by molar-refractivity contribution is 7.83. The zero-order valence-electron chi connectivity index (χ0n) is 16.6. The van der Waals surface area contributed by atoms with Crippen molar-refractivity contribution < 1.29 is 13.7 Å². The van der Waals surface area contributed by atoms with Gasteiger partial charge >= 0.3 is 0 Å². The van der Waals surface area contributed by atoms with Gasteiger partial charge in [0.2, 0.25) is 0 Å². The summed E-state index contributed by atoms with van der Waals surface area (Å²) in [6.07, 6.45) is 0. The van der Waals surface area contributed by atoms with Crippen molar-refractivity contribution in [2.24, 2.45) is 0 Å². The Labute approximate surface area is 174 Å². The minimum atomic E-state index is -1.44. The summed E-state index contributed by atoms with van der Waals surface area (Å²) >= 11 is 0. The molecule has 3 aromatic rings. The molecule has 4 nitrogen and oxygen atoms in total. The van der Waals surface area contributed by atoms with Crippen molar-refractivity contribution in [3.05, 3.63) is 89.5 Å². The number of hydrogen-bond donors (Lipinski definition) is 1. The largest absolute Gasteiger partial charge is 0.497 e. The first kappa shape index (κ1) is 20.7. The highest BCUT2D eigenvalue weighted by atomic mass is 32.2. The standard InChI is InChI=1S/C24H23NO3S/c1-18-9-13-21(14-10-18)29(26)25-23(16-11-19-7-5-4-6-8-19)22-15-12-20(27-2)17-24(22)28-3/h4-10,12-15,17,23,25H,1-3H3/t23-,29+/m1/s1. The van der Waals surface area contributed by atoms with E-state index in [-0.39, 0.29) is 0 Å². The number of nitrogens with one attached hydrogen (secondary N) is 1. The van der Waals surface area contributed by atoms with Gasteiger partial charge in [0.05, 0.1) is 19.1 Å². The summed E-state index contributed by atoms with van der Waals surface area (Å²) in [6, 6.07) is 22.3. The van der Waals surface area contributed by atoms with Crippen molar-refractivity contribution in [3.8, 4) is 23.3 Å². The average molecular weight is 406 g/mol. The predicted molar refractivity (Wildman–Crippen MR) is 116 cm³/mol. The summed E-state index contributed by atoms with van der Waals surface area (Å²) in [4.78, 5) is 0.689. The first-order chi connectivity index (χ1) is 14.1. The number of benzene rings is 3. The van der Waals surface area contributed by atoms with Gasteiger partial charge in [0.1, 0.15) is 28.5 Å². The smallest absolute Gasteiger partial charge is 0.128 e. The average Bonchev–Trinajstić information content (AvgIpc) is 2.77. The van der Waals surface area contributed by atoms with Crippen LogP contribution in [-0.4, -0.2) is 18.4 Å². The van der Waals surface area contributed by atoms with Crippen LogP contribution in [0.25, 0.3) is 0 Å². The Balaban J connectivity index is 1.97. The summed E-state index contributed by atoms with van der Waals surface area (Å²) in [5, 5.41) is 0. The molecule has 1 N–H and O–H groups in total. The van der Waals surface area contributed by atoms with Crippen LogP contribution in [0.2, 0.25) is 0 Å². The SMILES string of the molecule is COc1ccc([C@@H](C#Cc2ccccc2)N[S@@](=O)c2ccc(C)cc2)c(OC)c1. The van der Waals surface area contributed by atoms with E-state index in [9.17, 15) is 4.21 Å². The van der Waals surface area contributed by atoms with E-state index >= 15 is 0 Å². The molecule has 29 heavy (non-hydrogen) atoms. The number of methoxy groups -OCH3 is 2. The van der Waals surface area contributed by atoms with Gasteiger partial charge in [-0.15, -0.1) is 0 Å². The fraction of sp³-hybridized carbons (Fsp3) is 0.167. The van der Waals surface area contributed by atoms with Gasteiger partial charge in [-0.2, -0.15) is 0 Å². The molecule has 0 aromatic heterocycles. The highest BCUT2D eigenvalue weighted by Gasteiger charge is 2.18. The van der Waals surface area contributed by atoms with Crippen LogP contribution in [0, 0.1) is 18.8 Å². The summed E-state index contributed by atoms with van der Waals surface area (Å²) < 4.78 is 26.9. The Hall–Kier alpha value is -3.07. The molecule has 0 radical (unpaired) electrons. The van der Waals surface area contributed by atoms with Gasteiger partial charge in [-0.25, -0.2) is 8.93 Å². The zero-order chi connectivity index (χ0) is 20.6. The summed E-state index contributed by atoms with van der Waals surface area (Å²) in [7, 11) is 1.76. The molecule has 148 valence electrons. The first-order valence-corrected chi connectivity index (χ1v) is 10.3. The minimum absolute atomic E-state index is 0.502. The van der Waals surface area contributed by atoms with Crippen LogP contribution in [0.1, 0.15) is 22.7 Å². The molecule has 3 aromatic carbocycles. The number of hydrogen-bond acceptors (Lipinski definition) is 3. The van der Waals surface area contributed by atoms with E-state index in [1.165, 1.54) is 0 Å². The van der Waals surface area contributed by atoms with Gasteiger partial charge in [0, 0.05) is 17.2 Å². The van der Waals surface area contributed by atoms with E-state index in [0.29, 0.717) is 16.4 Å². The topological polar surface area (TPSA) is 47.6 Å². The monoisotopic (exact) mass is 405 g/mol. The van der Waals surface area contributed by atoms with Gasteiger partial charge in [-0.1, -0.05) is 47.7 Å². The van der Waals surface area contributed by atoms with Crippen molar-refractivity contribution >= 4 is 11.0 Å². The lowest BCUT2D eigenvalue weighted by molar-refractivity contribution is 0.390. The molecule has 0 aliphatic rings. The molecule has 0 amide bonds. The summed E-state index contributed by atoms with van der Waals surface area (Å²) in [6.45, 7) is 2.00. The van der Waals surface area contributed by atoms with E-state index in [1.54, 1.807) is 20.3 Å². The molecular formula is C24H23NO3S. The zero-order valence-corrected chi connectivity index (χ0v) is 17.5. The molecule has 0 aliphatic carbocycles. The first-order valence-electron chi connectivity index (χ1n) is 9.14. The molecule has 0 aliphatic heterocycles. The van der Waals surface area contributed by atoms with Crippen LogP contribution in [0.3, 0.4) is 0 Å². The van der Waals surface area contributed by atoms with E-state index in [4.69, 9.17) is 9.47 Å². The Morgan fingerprint density at radius 1 is 0.931 bits per heavy atom. The predicted octanol–water partition coefficient (Wildman–Crippen LogP) is 4.42. The Bertz CT molecular complexity index is 1040.